The van der Waals surface area contributed by atoms with E-state index < -0.39 is 6.09 Å². The van der Waals surface area contributed by atoms with Crippen molar-refractivity contribution in [2.45, 2.75) is 26.7 Å². The molecule has 0 saturated carbocycles. The maximum absolute atomic E-state index is 14.2. The van der Waals surface area contributed by atoms with Crippen LogP contribution in [0.4, 0.5) is 27.5 Å². The number of aryl methyl sites for hydroxylation is 1. The lowest BCUT2D eigenvalue weighted by Crippen LogP contribution is -2.30. The van der Waals surface area contributed by atoms with Gasteiger partial charge in [-0.25, -0.2) is 4.79 Å². The van der Waals surface area contributed by atoms with Crippen LogP contribution in [0.25, 0.3) is 32.8 Å². The number of hydrogen-bond donors (Lipinski definition) is 4. The monoisotopic (exact) mass is 730 g/mol. The van der Waals surface area contributed by atoms with Gasteiger partial charge in [-0.3, -0.25) is 10.1 Å². The van der Waals surface area contributed by atoms with Crippen molar-refractivity contribution in [3.63, 3.8) is 0 Å². The summed E-state index contributed by atoms with van der Waals surface area (Å²) in [5.74, 6) is 0.735. The fourth-order valence-corrected chi connectivity index (χ4v) is 7.47. The summed E-state index contributed by atoms with van der Waals surface area (Å²) in [6.07, 6.45) is 1.23. The minimum absolute atomic E-state index is 0.115. The number of para-hydroxylation sites is 1. The van der Waals surface area contributed by atoms with Gasteiger partial charge in [-0.2, -0.15) is 0 Å². The maximum Gasteiger partial charge on any atom is 0.417 e. The molecule has 4 heterocycles. The Morgan fingerprint density at radius 3 is 2.60 bits per heavy atom. The van der Waals surface area contributed by atoms with Crippen molar-refractivity contribution in [3.05, 3.63) is 108 Å². The summed E-state index contributed by atoms with van der Waals surface area (Å²) in [7, 11) is 0. The van der Waals surface area contributed by atoms with E-state index in [0.717, 1.165) is 62.8 Å². The molecule has 4 N–H and O–H groups in total. The molecule has 1 aliphatic rings. The molecule has 3 aromatic heterocycles. The normalized spacial score (nSPS) is 13.8. The number of amides is 2. The van der Waals surface area contributed by atoms with E-state index in [1.54, 1.807) is 23.1 Å². The molecule has 53 heavy (non-hydrogen) atoms. The van der Waals surface area contributed by atoms with Crippen LogP contribution < -0.4 is 29.9 Å². The van der Waals surface area contributed by atoms with Crippen molar-refractivity contribution in [2.75, 3.05) is 52.7 Å². The van der Waals surface area contributed by atoms with Gasteiger partial charge in [-0.15, -0.1) is 11.6 Å². The van der Waals surface area contributed by atoms with Gasteiger partial charge in [0.1, 0.15) is 11.3 Å². The SMILES string of the molecule is CCN(CC)c1ccc2cc(OCNc3ccc4[nH]c(C(=O)N5C[C@@H](CCl)c6c5cc(OC(=O)Nc5ccccc5)c5[nH]cc(C)c65)cc4c3)oc2c1. The molecule has 0 bridgehead atoms. The quantitative estimate of drug-likeness (QED) is 0.0771. The number of fused-ring (bicyclic) bond motifs is 5. The van der Waals surface area contributed by atoms with Gasteiger partial charge in [0.15, 0.2) is 12.5 Å². The Bertz CT molecular complexity index is 2470. The van der Waals surface area contributed by atoms with Crippen LogP contribution in [0.1, 0.15) is 41.4 Å². The number of carbonyl (C=O) groups excluding carboxylic acids is 2. The molecule has 12 heteroatoms. The summed E-state index contributed by atoms with van der Waals surface area (Å²) in [5.41, 5.74) is 7.81. The standard InChI is InChI=1S/C41H39ClN6O5/c1-4-47(5-2)30-13-11-25-17-36(52-34(25)18-30)51-23-44-29-12-14-31-26(15-29)16-32(46-31)40(49)48-22-27(20-42)38-33(48)19-35(39-37(38)24(3)21-43-39)53-41(50)45-28-9-7-6-8-10-28/h6-19,21,27,43-44,46H,4-5,20,22-23H2,1-3H3,(H,45,50)/t27-/m1/s1. The van der Waals surface area contributed by atoms with Crippen LogP contribution in [0.2, 0.25) is 0 Å². The van der Waals surface area contributed by atoms with Crippen molar-refractivity contribution in [1.82, 2.24) is 9.97 Å². The Morgan fingerprint density at radius 1 is 0.981 bits per heavy atom. The zero-order valence-electron chi connectivity index (χ0n) is 29.6. The van der Waals surface area contributed by atoms with Gasteiger partial charge in [0.2, 0.25) is 0 Å². The largest absolute Gasteiger partial charge is 0.444 e. The first kappa shape index (κ1) is 34.0. The summed E-state index contributed by atoms with van der Waals surface area (Å²) < 4.78 is 17.7. The molecule has 11 nitrogen and oxygen atoms in total. The summed E-state index contributed by atoms with van der Waals surface area (Å²) in [6.45, 7) is 8.66. The number of alkyl halides is 1. The number of rotatable bonds is 11. The molecule has 4 aromatic carbocycles. The second kappa shape index (κ2) is 14.2. The first-order valence-corrected chi connectivity index (χ1v) is 18.2. The number of nitrogens with one attached hydrogen (secondary N) is 4. The number of aromatic nitrogens is 2. The molecule has 8 rings (SSSR count). The fourth-order valence-electron chi connectivity index (χ4n) is 7.22. The van der Waals surface area contributed by atoms with Crippen LogP contribution in [0.3, 0.4) is 0 Å². The molecular weight excluding hydrogens is 692 g/mol. The van der Waals surface area contributed by atoms with E-state index in [0.29, 0.717) is 46.7 Å². The number of carbonyl (C=O) groups is 2. The van der Waals surface area contributed by atoms with Crippen molar-refractivity contribution < 1.29 is 23.5 Å². The number of ether oxygens (including phenoxy) is 2. The number of anilines is 4. The van der Waals surface area contributed by atoms with E-state index in [1.807, 2.05) is 73.8 Å². The molecule has 0 aliphatic carbocycles. The van der Waals surface area contributed by atoms with Crippen LogP contribution in [0.5, 0.6) is 11.7 Å². The second-order valence-electron chi connectivity index (χ2n) is 13.1. The minimum Gasteiger partial charge on any atom is -0.444 e. The number of aromatic amines is 2. The molecule has 0 spiro atoms. The minimum atomic E-state index is -0.637. The topological polar surface area (TPSA) is 128 Å². The van der Waals surface area contributed by atoms with Gasteiger partial charge >= 0.3 is 6.09 Å². The van der Waals surface area contributed by atoms with E-state index in [-0.39, 0.29) is 18.6 Å². The number of nitrogens with zero attached hydrogens (tertiary/aromatic N) is 2. The number of furan rings is 1. The van der Waals surface area contributed by atoms with Crippen molar-refractivity contribution in [3.8, 4) is 11.7 Å². The zero-order valence-corrected chi connectivity index (χ0v) is 30.3. The van der Waals surface area contributed by atoms with Crippen LogP contribution in [0.15, 0.2) is 95.5 Å². The number of halogens is 1. The molecule has 0 saturated heterocycles. The number of hydrogen-bond acceptors (Lipinski definition) is 7. The molecule has 7 aromatic rings. The Labute approximate surface area is 310 Å². The summed E-state index contributed by atoms with van der Waals surface area (Å²) in [4.78, 5) is 37.7. The van der Waals surface area contributed by atoms with Crippen molar-refractivity contribution in [1.29, 1.82) is 0 Å². The fraction of sp³-hybridized carbons (Fsp3) is 0.220. The molecule has 0 radical (unpaired) electrons. The average molecular weight is 731 g/mol. The Kier molecular flexibility index (Phi) is 9.09. The third kappa shape index (κ3) is 6.48. The maximum atomic E-state index is 14.2. The summed E-state index contributed by atoms with van der Waals surface area (Å²) in [6, 6.07) is 26.6. The highest BCUT2D eigenvalue weighted by Crippen LogP contribution is 2.47. The lowest BCUT2D eigenvalue weighted by Gasteiger charge is -2.20. The predicted octanol–water partition coefficient (Wildman–Crippen LogP) is 9.59. The summed E-state index contributed by atoms with van der Waals surface area (Å²) >= 11 is 6.52. The van der Waals surface area contributed by atoms with E-state index in [2.05, 4.69) is 45.4 Å². The zero-order chi connectivity index (χ0) is 36.6. The Balaban J connectivity index is 1.00. The van der Waals surface area contributed by atoms with Gasteiger partial charge in [-0.05, 0) is 80.4 Å². The van der Waals surface area contributed by atoms with E-state index >= 15 is 0 Å². The Hall–Kier alpha value is -6.07. The lowest BCUT2D eigenvalue weighted by atomic mass is 9.97. The van der Waals surface area contributed by atoms with E-state index in [1.165, 1.54) is 0 Å². The van der Waals surface area contributed by atoms with Gasteiger partial charge in [0.25, 0.3) is 11.9 Å². The molecule has 0 fully saturated rings. The lowest BCUT2D eigenvalue weighted by molar-refractivity contribution is 0.0984. The molecule has 270 valence electrons. The molecule has 2 amide bonds. The van der Waals surface area contributed by atoms with Crippen LogP contribution in [-0.2, 0) is 0 Å². The molecule has 0 unspecified atom stereocenters. The average Bonchev–Trinajstić information content (AvgIpc) is 3.95. The third-order valence-corrected chi connectivity index (χ3v) is 10.2. The van der Waals surface area contributed by atoms with E-state index in [9.17, 15) is 9.59 Å². The van der Waals surface area contributed by atoms with Crippen LogP contribution in [-0.4, -0.2) is 54.2 Å². The Morgan fingerprint density at radius 2 is 1.81 bits per heavy atom. The number of H-pyrrole nitrogens is 2. The summed E-state index contributed by atoms with van der Waals surface area (Å²) in [5, 5.41) is 8.79. The number of benzene rings is 4. The van der Waals surface area contributed by atoms with E-state index in [4.69, 9.17) is 25.5 Å². The van der Waals surface area contributed by atoms with Gasteiger partial charge in [0, 0.05) is 94.6 Å². The first-order chi connectivity index (χ1) is 25.8. The van der Waals surface area contributed by atoms with Gasteiger partial charge in [0.05, 0.1) is 11.2 Å². The molecule has 1 aliphatic heterocycles. The van der Waals surface area contributed by atoms with Crippen LogP contribution >= 0.6 is 11.6 Å². The van der Waals surface area contributed by atoms with Crippen molar-refractivity contribution >= 4 is 79.1 Å². The highest BCUT2D eigenvalue weighted by molar-refractivity contribution is 6.19. The third-order valence-electron chi connectivity index (χ3n) is 9.84. The van der Waals surface area contributed by atoms with Gasteiger partial charge < -0.3 is 39.0 Å². The molecular formula is C41H39ClN6O5. The molecule has 1 atom stereocenters. The highest BCUT2D eigenvalue weighted by Gasteiger charge is 2.37. The predicted molar refractivity (Wildman–Crippen MR) is 211 cm³/mol. The van der Waals surface area contributed by atoms with Crippen LogP contribution in [0, 0.1) is 6.92 Å². The smallest absolute Gasteiger partial charge is 0.417 e. The van der Waals surface area contributed by atoms with Crippen molar-refractivity contribution in [2.24, 2.45) is 0 Å². The first-order valence-electron chi connectivity index (χ1n) is 17.7. The second-order valence-corrected chi connectivity index (χ2v) is 13.4. The highest BCUT2D eigenvalue weighted by atomic mass is 35.5. The van der Waals surface area contributed by atoms with Gasteiger partial charge in [-0.1, -0.05) is 18.2 Å².